The molecule has 0 spiro atoms. The van der Waals surface area contributed by atoms with Crippen LogP contribution in [-0.4, -0.2) is 49.0 Å². The van der Waals surface area contributed by atoms with Crippen molar-refractivity contribution in [2.75, 3.05) is 32.2 Å². The van der Waals surface area contributed by atoms with Gasteiger partial charge in [0, 0.05) is 24.1 Å². The van der Waals surface area contributed by atoms with Crippen LogP contribution >= 0.6 is 0 Å². The number of carbonyl (C=O) groups is 1. The fraction of sp³-hybridized carbons (Fsp3) is 0.462. The molecule has 3 aromatic rings. The molecule has 1 amide bonds. The number of fused-ring (bicyclic) bond motifs is 3. The van der Waals surface area contributed by atoms with E-state index >= 15 is 0 Å². The number of ether oxygens (including phenoxy) is 2. The van der Waals surface area contributed by atoms with E-state index in [0.717, 1.165) is 79.1 Å². The maximum atomic E-state index is 12.6. The molecular formula is C26H32N4O3. The van der Waals surface area contributed by atoms with E-state index in [1.54, 1.807) is 12.0 Å². The standard InChI is InChI=1S/C26H32N4O3/c1-17-7-8-21-22(29(17)26(31)33-3)9-10-23-25(21)28-24(30(23)19-11-13-27-14-12-19)16-18-5-4-6-20(15-18)32-2/h4-6,9-10,15,17,19,27H,7-8,11-14,16H2,1-3H3/t17-/m0/s1. The fourth-order valence-electron chi connectivity index (χ4n) is 5.39. The van der Waals surface area contributed by atoms with E-state index in [9.17, 15) is 4.79 Å². The maximum Gasteiger partial charge on any atom is 0.414 e. The van der Waals surface area contributed by atoms with Gasteiger partial charge in [0.15, 0.2) is 0 Å². The van der Waals surface area contributed by atoms with Crippen LogP contribution in [0.15, 0.2) is 36.4 Å². The first-order valence-electron chi connectivity index (χ1n) is 11.8. The van der Waals surface area contributed by atoms with Gasteiger partial charge in [-0.2, -0.15) is 0 Å². The molecule has 0 aliphatic carbocycles. The lowest BCUT2D eigenvalue weighted by Gasteiger charge is -2.34. The molecule has 1 saturated heterocycles. The summed E-state index contributed by atoms with van der Waals surface area (Å²) in [4.78, 5) is 19.6. The molecule has 5 rings (SSSR count). The molecular weight excluding hydrogens is 416 g/mol. The second kappa shape index (κ2) is 9.06. The topological polar surface area (TPSA) is 68.6 Å². The summed E-state index contributed by atoms with van der Waals surface area (Å²) in [5, 5.41) is 3.48. The van der Waals surface area contributed by atoms with Crippen LogP contribution in [0, 0.1) is 0 Å². The Hall–Kier alpha value is -3.06. The number of methoxy groups -OCH3 is 2. The summed E-state index contributed by atoms with van der Waals surface area (Å²) in [7, 11) is 3.14. The van der Waals surface area contributed by atoms with Gasteiger partial charge < -0.3 is 19.4 Å². The first kappa shape index (κ1) is 21.8. The molecule has 0 radical (unpaired) electrons. The number of anilines is 1. The average molecular weight is 449 g/mol. The number of rotatable bonds is 4. The van der Waals surface area contributed by atoms with Crippen molar-refractivity contribution < 1.29 is 14.3 Å². The predicted molar refractivity (Wildman–Crippen MR) is 129 cm³/mol. The highest BCUT2D eigenvalue weighted by atomic mass is 16.5. The summed E-state index contributed by atoms with van der Waals surface area (Å²) in [6.45, 7) is 4.11. The monoisotopic (exact) mass is 448 g/mol. The Labute approximate surface area is 194 Å². The van der Waals surface area contributed by atoms with Crippen molar-refractivity contribution in [2.45, 2.75) is 51.1 Å². The molecule has 2 aliphatic rings. The van der Waals surface area contributed by atoms with Crippen LogP contribution in [0.2, 0.25) is 0 Å². The fourth-order valence-corrected chi connectivity index (χ4v) is 5.39. The van der Waals surface area contributed by atoms with E-state index in [0.29, 0.717) is 6.04 Å². The quantitative estimate of drug-likeness (QED) is 0.638. The minimum absolute atomic E-state index is 0.102. The summed E-state index contributed by atoms with van der Waals surface area (Å²) >= 11 is 0. The van der Waals surface area contributed by atoms with Gasteiger partial charge in [0.25, 0.3) is 0 Å². The first-order chi connectivity index (χ1) is 16.1. The van der Waals surface area contributed by atoms with Crippen molar-refractivity contribution in [3.8, 4) is 5.75 Å². The van der Waals surface area contributed by atoms with Gasteiger partial charge in [-0.05, 0) is 75.5 Å². The van der Waals surface area contributed by atoms with Gasteiger partial charge in [-0.1, -0.05) is 12.1 Å². The van der Waals surface area contributed by atoms with Gasteiger partial charge in [0.1, 0.15) is 11.6 Å². The van der Waals surface area contributed by atoms with Crippen molar-refractivity contribution in [1.82, 2.24) is 14.9 Å². The lowest BCUT2D eigenvalue weighted by Crippen LogP contribution is -2.42. The summed E-state index contributed by atoms with van der Waals surface area (Å²) in [6, 6.07) is 13.0. The Morgan fingerprint density at radius 1 is 1.15 bits per heavy atom. The lowest BCUT2D eigenvalue weighted by molar-refractivity contribution is 0.175. The molecule has 7 heteroatoms. The molecule has 1 N–H and O–H groups in total. The van der Waals surface area contributed by atoms with E-state index in [-0.39, 0.29) is 12.1 Å². The highest BCUT2D eigenvalue weighted by Gasteiger charge is 2.32. The zero-order valence-corrected chi connectivity index (χ0v) is 19.6. The molecule has 2 aromatic carbocycles. The molecule has 1 aromatic heterocycles. The van der Waals surface area contributed by atoms with Crippen molar-refractivity contribution in [3.63, 3.8) is 0 Å². The second-order valence-corrected chi connectivity index (χ2v) is 9.07. The Kier molecular flexibility index (Phi) is 5.98. The first-order valence-corrected chi connectivity index (χ1v) is 11.8. The number of nitrogens with zero attached hydrogens (tertiary/aromatic N) is 3. The smallest absolute Gasteiger partial charge is 0.414 e. The van der Waals surface area contributed by atoms with Crippen LogP contribution in [0.25, 0.3) is 11.0 Å². The summed E-state index contributed by atoms with van der Waals surface area (Å²) in [6.07, 6.45) is 4.40. The van der Waals surface area contributed by atoms with Crippen molar-refractivity contribution in [1.29, 1.82) is 0 Å². The highest BCUT2D eigenvalue weighted by Crippen LogP contribution is 2.38. The molecule has 2 aliphatic heterocycles. The van der Waals surface area contributed by atoms with Crippen molar-refractivity contribution >= 4 is 22.8 Å². The summed E-state index contributed by atoms with van der Waals surface area (Å²) in [5.74, 6) is 1.93. The molecule has 3 heterocycles. The van der Waals surface area contributed by atoms with E-state index < -0.39 is 0 Å². The number of hydrogen-bond acceptors (Lipinski definition) is 5. The molecule has 0 saturated carbocycles. The zero-order chi connectivity index (χ0) is 22.9. The minimum atomic E-state index is -0.308. The van der Waals surface area contributed by atoms with Crippen LogP contribution in [0.1, 0.15) is 49.2 Å². The van der Waals surface area contributed by atoms with E-state index in [1.807, 2.05) is 12.1 Å². The molecule has 33 heavy (non-hydrogen) atoms. The van der Waals surface area contributed by atoms with Crippen LogP contribution in [0.3, 0.4) is 0 Å². The molecule has 1 atom stereocenters. The number of piperidine rings is 1. The van der Waals surface area contributed by atoms with Gasteiger partial charge in [0.2, 0.25) is 0 Å². The minimum Gasteiger partial charge on any atom is -0.497 e. The number of nitrogens with one attached hydrogen (secondary N) is 1. The van der Waals surface area contributed by atoms with Gasteiger partial charge in [-0.15, -0.1) is 0 Å². The molecule has 174 valence electrons. The number of aromatic nitrogens is 2. The van der Waals surface area contributed by atoms with Crippen molar-refractivity contribution in [3.05, 3.63) is 53.3 Å². The molecule has 1 fully saturated rings. The largest absolute Gasteiger partial charge is 0.497 e. The maximum absolute atomic E-state index is 12.6. The number of amides is 1. The van der Waals surface area contributed by atoms with Crippen LogP contribution < -0.4 is 15.0 Å². The number of aryl methyl sites for hydroxylation is 1. The second-order valence-electron chi connectivity index (χ2n) is 9.07. The lowest BCUT2D eigenvalue weighted by atomic mass is 9.95. The molecule has 0 bridgehead atoms. The third-order valence-corrected chi connectivity index (χ3v) is 7.07. The summed E-state index contributed by atoms with van der Waals surface area (Å²) < 4.78 is 13.0. The van der Waals surface area contributed by atoms with Gasteiger partial charge in [-0.3, -0.25) is 4.90 Å². The van der Waals surface area contributed by atoms with Crippen LogP contribution in [0.4, 0.5) is 10.5 Å². The van der Waals surface area contributed by atoms with Crippen LogP contribution in [-0.2, 0) is 17.6 Å². The average Bonchev–Trinajstić information content (AvgIpc) is 3.22. The van der Waals surface area contributed by atoms with E-state index in [2.05, 4.69) is 41.1 Å². The molecule has 0 unspecified atom stereocenters. The Morgan fingerprint density at radius 2 is 1.97 bits per heavy atom. The zero-order valence-electron chi connectivity index (χ0n) is 19.6. The van der Waals surface area contributed by atoms with Gasteiger partial charge >= 0.3 is 6.09 Å². The van der Waals surface area contributed by atoms with Crippen molar-refractivity contribution in [2.24, 2.45) is 0 Å². The highest BCUT2D eigenvalue weighted by molar-refractivity contribution is 5.95. The SMILES string of the molecule is COC(=O)N1c2ccc3c(nc(Cc4cccc(OC)c4)n3C3CCNCC3)c2CC[C@@H]1C. The van der Waals surface area contributed by atoms with Gasteiger partial charge in [0.05, 0.1) is 30.9 Å². The number of hydrogen-bond donors (Lipinski definition) is 1. The van der Waals surface area contributed by atoms with E-state index in [4.69, 9.17) is 14.5 Å². The Morgan fingerprint density at radius 3 is 2.73 bits per heavy atom. The normalized spacial score (nSPS) is 18.9. The van der Waals surface area contributed by atoms with Gasteiger partial charge in [-0.25, -0.2) is 9.78 Å². The third-order valence-electron chi connectivity index (χ3n) is 7.07. The Balaban J connectivity index is 1.65. The molecule has 7 nitrogen and oxygen atoms in total. The number of benzene rings is 2. The Bertz CT molecular complexity index is 1170. The van der Waals surface area contributed by atoms with E-state index in [1.165, 1.54) is 12.7 Å². The van der Waals surface area contributed by atoms with Crippen LogP contribution in [0.5, 0.6) is 5.75 Å². The number of carbonyl (C=O) groups excluding carboxylic acids is 1. The number of imidazole rings is 1. The summed E-state index contributed by atoms with van der Waals surface area (Å²) in [5.41, 5.74) is 5.44. The third kappa shape index (κ3) is 3.95. The predicted octanol–water partition coefficient (Wildman–Crippen LogP) is 4.47.